The van der Waals surface area contributed by atoms with Crippen LogP contribution in [0, 0.1) is 5.92 Å². The molecule has 0 radical (unpaired) electrons. The second-order valence-corrected chi connectivity index (χ2v) is 5.74. The van der Waals surface area contributed by atoms with E-state index in [-0.39, 0.29) is 29.8 Å². The molecule has 0 saturated carbocycles. The maximum atomic E-state index is 12.6. The maximum Gasteiger partial charge on any atom is 0.246 e. The Labute approximate surface area is 110 Å². The van der Waals surface area contributed by atoms with E-state index < -0.39 is 5.54 Å². The van der Waals surface area contributed by atoms with Crippen molar-refractivity contribution in [2.75, 3.05) is 0 Å². The first-order chi connectivity index (χ1) is 8.31. The zero-order chi connectivity index (χ0) is 14.1. The van der Waals surface area contributed by atoms with Gasteiger partial charge in [0, 0.05) is 6.04 Å². The highest BCUT2D eigenvalue weighted by Gasteiger charge is 2.51. The summed E-state index contributed by atoms with van der Waals surface area (Å²) < 4.78 is 0. The number of nitrogens with zero attached hydrogens (tertiary/aromatic N) is 1. The molecule has 104 valence electrons. The number of carbonyl (C=O) groups is 2. The third-order valence-corrected chi connectivity index (χ3v) is 4.03. The van der Waals surface area contributed by atoms with E-state index in [1.54, 1.807) is 4.90 Å². The van der Waals surface area contributed by atoms with E-state index in [1.165, 1.54) is 0 Å². The van der Waals surface area contributed by atoms with Gasteiger partial charge in [-0.25, -0.2) is 0 Å². The number of hydrogen-bond acceptors (Lipinski definition) is 2. The lowest BCUT2D eigenvalue weighted by atomic mass is 9.83. The van der Waals surface area contributed by atoms with Gasteiger partial charge in [0.25, 0.3) is 0 Å². The van der Waals surface area contributed by atoms with E-state index in [0.29, 0.717) is 12.8 Å². The lowest BCUT2D eigenvalue weighted by molar-refractivity contribution is -0.162. The predicted molar refractivity (Wildman–Crippen MR) is 72.1 cm³/mol. The zero-order valence-corrected chi connectivity index (χ0v) is 12.4. The molecule has 0 aromatic rings. The van der Waals surface area contributed by atoms with E-state index in [0.717, 1.165) is 0 Å². The van der Waals surface area contributed by atoms with Crippen molar-refractivity contribution in [3.05, 3.63) is 0 Å². The van der Waals surface area contributed by atoms with Crippen molar-refractivity contribution in [1.29, 1.82) is 0 Å². The highest BCUT2D eigenvalue weighted by molar-refractivity contribution is 6.00. The molecular weight excluding hydrogens is 228 g/mol. The Morgan fingerprint density at radius 1 is 1.17 bits per heavy atom. The van der Waals surface area contributed by atoms with E-state index in [4.69, 9.17) is 0 Å². The molecule has 1 atom stereocenters. The van der Waals surface area contributed by atoms with Crippen LogP contribution in [0.5, 0.6) is 0 Å². The van der Waals surface area contributed by atoms with Gasteiger partial charge in [0.05, 0.1) is 0 Å². The zero-order valence-electron chi connectivity index (χ0n) is 12.4. The summed E-state index contributed by atoms with van der Waals surface area (Å²) in [6.07, 6.45) is 1.31. The fourth-order valence-corrected chi connectivity index (χ4v) is 2.92. The minimum absolute atomic E-state index is 0.000463. The number of hydrogen-bond donors (Lipinski definition) is 1. The van der Waals surface area contributed by atoms with E-state index in [2.05, 4.69) is 5.32 Å². The molecule has 0 aromatic heterocycles. The number of amides is 2. The van der Waals surface area contributed by atoms with Crippen LogP contribution in [-0.4, -0.2) is 34.3 Å². The summed E-state index contributed by atoms with van der Waals surface area (Å²) in [6, 6.07) is -0.337. The molecule has 0 aliphatic carbocycles. The largest absolute Gasteiger partial charge is 0.342 e. The fourth-order valence-electron chi connectivity index (χ4n) is 2.92. The van der Waals surface area contributed by atoms with Crippen LogP contribution in [0.25, 0.3) is 0 Å². The first-order valence-corrected chi connectivity index (χ1v) is 6.96. The number of carbonyl (C=O) groups excluding carboxylic acids is 2. The highest BCUT2D eigenvalue weighted by Crippen LogP contribution is 2.32. The van der Waals surface area contributed by atoms with Gasteiger partial charge in [-0.05, 0) is 32.6 Å². The predicted octanol–water partition coefficient (Wildman–Crippen LogP) is 1.94. The van der Waals surface area contributed by atoms with Crippen molar-refractivity contribution in [2.45, 2.75) is 72.0 Å². The van der Waals surface area contributed by atoms with Gasteiger partial charge in [-0.1, -0.05) is 27.7 Å². The number of piperazine rings is 1. The standard InChI is InChI=1S/C14H26N2O2/c1-7-14(8-2)13(18)15-11(9(3)4)12(17)16(14)10(5)6/h9-11H,7-8H2,1-6H3,(H,15,18). The summed E-state index contributed by atoms with van der Waals surface area (Å²) in [6.45, 7) is 11.8. The summed E-state index contributed by atoms with van der Waals surface area (Å²) in [4.78, 5) is 26.8. The topological polar surface area (TPSA) is 49.4 Å². The average molecular weight is 254 g/mol. The van der Waals surface area contributed by atoms with Crippen LogP contribution in [-0.2, 0) is 9.59 Å². The molecule has 18 heavy (non-hydrogen) atoms. The minimum atomic E-state index is -0.670. The van der Waals surface area contributed by atoms with Crippen LogP contribution in [0.15, 0.2) is 0 Å². The van der Waals surface area contributed by atoms with Gasteiger partial charge in [-0.3, -0.25) is 9.59 Å². The van der Waals surface area contributed by atoms with Gasteiger partial charge in [-0.15, -0.1) is 0 Å². The normalized spacial score (nSPS) is 23.8. The monoisotopic (exact) mass is 254 g/mol. The van der Waals surface area contributed by atoms with Crippen LogP contribution < -0.4 is 5.32 Å². The molecule has 1 heterocycles. The first kappa shape index (κ1) is 15.0. The molecule has 0 spiro atoms. The van der Waals surface area contributed by atoms with Crippen molar-refractivity contribution < 1.29 is 9.59 Å². The number of nitrogens with one attached hydrogen (secondary N) is 1. The molecule has 0 aromatic carbocycles. The molecular formula is C14H26N2O2. The molecule has 0 bridgehead atoms. The smallest absolute Gasteiger partial charge is 0.246 e. The lowest BCUT2D eigenvalue weighted by Crippen LogP contribution is -2.72. The van der Waals surface area contributed by atoms with Gasteiger partial charge in [0.2, 0.25) is 11.8 Å². The summed E-state index contributed by atoms with van der Waals surface area (Å²) >= 11 is 0. The van der Waals surface area contributed by atoms with Gasteiger partial charge >= 0.3 is 0 Å². The van der Waals surface area contributed by atoms with E-state index >= 15 is 0 Å². The Balaban J connectivity index is 3.23. The van der Waals surface area contributed by atoms with E-state index in [9.17, 15) is 9.59 Å². The molecule has 1 aliphatic heterocycles. The molecule has 4 nitrogen and oxygen atoms in total. The van der Waals surface area contributed by atoms with Crippen LogP contribution in [0.2, 0.25) is 0 Å². The summed E-state index contributed by atoms with van der Waals surface area (Å²) in [5, 5.41) is 2.91. The third kappa shape index (κ3) is 2.13. The van der Waals surface area contributed by atoms with Gasteiger partial charge in [-0.2, -0.15) is 0 Å². The fraction of sp³-hybridized carbons (Fsp3) is 0.857. The van der Waals surface area contributed by atoms with Gasteiger partial charge < -0.3 is 10.2 Å². The van der Waals surface area contributed by atoms with Crippen molar-refractivity contribution in [1.82, 2.24) is 10.2 Å². The Bertz CT molecular complexity index is 333. The summed E-state index contributed by atoms with van der Waals surface area (Å²) in [5.74, 6) is 0.178. The van der Waals surface area contributed by atoms with Crippen molar-refractivity contribution in [3.63, 3.8) is 0 Å². The van der Waals surface area contributed by atoms with Crippen molar-refractivity contribution in [3.8, 4) is 0 Å². The number of rotatable bonds is 4. The molecule has 1 N–H and O–H groups in total. The highest BCUT2D eigenvalue weighted by atomic mass is 16.2. The molecule has 1 fully saturated rings. The van der Waals surface area contributed by atoms with Gasteiger partial charge in [0.1, 0.15) is 11.6 Å². The Kier molecular flexibility index (Phi) is 4.41. The summed E-state index contributed by atoms with van der Waals surface area (Å²) in [5.41, 5.74) is -0.670. The molecule has 1 unspecified atom stereocenters. The summed E-state index contributed by atoms with van der Waals surface area (Å²) in [7, 11) is 0. The molecule has 1 rings (SSSR count). The van der Waals surface area contributed by atoms with E-state index in [1.807, 2.05) is 41.5 Å². The average Bonchev–Trinajstić information content (AvgIpc) is 2.30. The van der Waals surface area contributed by atoms with Gasteiger partial charge in [0.15, 0.2) is 0 Å². The lowest BCUT2D eigenvalue weighted by Gasteiger charge is -2.50. The molecule has 1 saturated heterocycles. The van der Waals surface area contributed by atoms with Crippen LogP contribution in [0.3, 0.4) is 0 Å². The van der Waals surface area contributed by atoms with Crippen molar-refractivity contribution in [2.24, 2.45) is 5.92 Å². The van der Waals surface area contributed by atoms with Crippen molar-refractivity contribution >= 4 is 11.8 Å². The quantitative estimate of drug-likeness (QED) is 0.833. The first-order valence-electron chi connectivity index (χ1n) is 6.96. The van der Waals surface area contributed by atoms with Crippen LogP contribution in [0.1, 0.15) is 54.4 Å². The Hall–Kier alpha value is -1.06. The Morgan fingerprint density at radius 2 is 1.67 bits per heavy atom. The maximum absolute atomic E-state index is 12.6. The second-order valence-electron chi connectivity index (χ2n) is 5.74. The minimum Gasteiger partial charge on any atom is -0.342 e. The second kappa shape index (κ2) is 5.29. The SMILES string of the molecule is CCC1(CC)C(=O)NC(C(C)C)C(=O)N1C(C)C. The molecule has 2 amide bonds. The van der Waals surface area contributed by atoms with Crippen LogP contribution >= 0.6 is 0 Å². The third-order valence-electron chi connectivity index (χ3n) is 4.03. The van der Waals surface area contributed by atoms with Crippen LogP contribution in [0.4, 0.5) is 0 Å². The molecule has 1 aliphatic rings. The molecule has 4 heteroatoms. The Morgan fingerprint density at radius 3 is 2.00 bits per heavy atom.